The van der Waals surface area contributed by atoms with E-state index in [9.17, 15) is 0 Å². The standard InChI is InChI=1S/C18H25N7/c1-2-6-19-16(4-1)24-10-8-23(9-11-24)15-12-22(13-15)14-18-21-20-17-5-3-7-25(17)18/h1-2,4,6,15H,3,5,7-14H2. The average molecular weight is 339 g/mol. The Morgan fingerprint density at radius 2 is 1.88 bits per heavy atom. The third-order valence-corrected chi connectivity index (χ3v) is 5.79. The highest BCUT2D eigenvalue weighted by Crippen LogP contribution is 2.22. The van der Waals surface area contributed by atoms with E-state index in [1.54, 1.807) is 0 Å². The number of pyridine rings is 1. The van der Waals surface area contributed by atoms with Crippen LogP contribution in [-0.2, 0) is 19.5 Å². The van der Waals surface area contributed by atoms with Crippen LogP contribution < -0.4 is 4.90 Å². The molecule has 0 spiro atoms. The number of rotatable bonds is 4. The summed E-state index contributed by atoms with van der Waals surface area (Å²) in [6, 6.07) is 6.86. The molecule has 7 nitrogen and oxygen atoms in total. The molecule has 2 aromatic heterocycles. The zero-order chi connectivity index (χ0) is 16.6. The molecule has 2 aromatic rings. The fraction of sp³-hybridized carbons (Fsp3) is 0.611. The fourth-order valence-electron chi connectivity index (χ4n) is 4.29. The molecule has 0 aliphatic carbocycles. The highest BCUT2D eigenvalue weighted by atomic mass is 15.4. The Morgan fingerprint density at radius 1 is 1.00 bits per heavy atom. The number of fused-ring (bicyclic) bond motifs is 1. The van der Waals surface area contributed by atoms with Crippen LogP contribution in [0.5, 0.6) is 0 Å². The molecule has 25 heavy (non-hydrogen) atoms. The van der Waals surface area contributed by atoms with Gasteiger partial charge >= 0.3 is 0 Å². The smallest absolute Gasteiger partial charge is 0.147 e. The van der Waals surface area contributed by atoms with Gasteiger partial charge in [-0.25, -0.2) is 4.98 Å². The number of aromatic nitrogens is 4. The third kappa shape index (κ3) is 2.91. The first-order chi connectivity index (χ1) is 12.4. The molecule has 132 valence electrons. The monoisotopic (exact) mass is 339 g/mol. The van der Waals surface area contributed by atoms with Crippen LogP contribution in [0.15, 0.2) is 24.4 Å². The van der Waals surface area contributed by atoms with E-state index in [1.807, 2.05) is 12.3 Å². The topological polar surface area (TPSA) is 53.3 Å². The van der Waals surface area contributed by atoms with Gasteiger partial charge in [0, 0.05) is 64.5 Å². The maximum absolute atomic E-state index is 4.47. The van der Waals surface area contributed by atoms with Gasteiger partial charge < -0.3 is 9.47 Å². The zero-order valence-corrected chi connectivity index (χ0v) is 14.6. The summed E-state index contributed by atoms with van der Waals surface area (Å²) in [5, 5.41) is 8.70. The number of hydrogen-bond acceptors (Lipinski definition) is 6. The second-order valence-corrected chi connectivity index (χ2v) is 7.35. The molecule has 7 heteroatoms. The van der Waals surface area contributed by atoms with E-state index in [0.29, 0.717) is 6.04 Å². The second-order valence-electron chi connectivity index (χ2n) is 7.35. The predicted octanol–water partition coefficient (Wildman–Crippen LogP) is 0.626. The van der Waals surface area contributed by atoms with E-state index in [1.165, 1.54) is 12.2 Å². The van der Waals surface area contributed by atoms with Gasteiger partial charge in [-0.1, -0.05) is 6.07 Å². The number of nitrogens with zero attached hydrogens (tertiary/aromatic N) is 7. The number of piperazine rings is 1. The first kappa shape index (κ1) is 15.3. The summed E-state index contributed by atoms with van der Waals surface area (Å²) < 4.78 is 2.32. The minimum absolute atomic E-state index is 0.701. The minimum atomic E-state index is 0.701. The Bertz CT molecular complexity index is 714. The quantitative estimate of drug-likeness (QED) is 0.814. The summed E-state index contributed by atoms with van der Waals surface area (Å²) in [7, 11) is 0. The number of aryl methyl sites for hydroxylation is 1. The highest BCUT2D eigenvalue weighted by Gasteiger charge is 2.34. The summed E-state index contributed by atoms with van der Waals surface area (Å²) in [6.45, 7) is 8.79. The lowest BCUT2D eigenvalue weighted by atomic mass is 10.1. The van der Waals surface area contributed by atoms with Gasteiger partial charge in [-0.2, -0.15) is 0 Å². The van der Waals surface area contributed by atoms with Gasteiger partial charge in [0.05, 0.1) is 6.54 Å². The van der Waals surface area contributed by atoms with Crippen LogP contribution in [0, 0.1) is 0 Å². The molecular formula is C18H25N7. The van der Waals surface area contributed by atoms with Crippen molar-refractivity contribution in [1.82, 2.24) is 29.5 Å². The average Bonchev–Trinajstić information content (AvgIpc) is 3.23. The van der Waals surface area contributed by atoms with E-state index < -0.39 is 0 Å². The van der Waals surface area contributed by atoms with E-state index >= 15 is 0 Å². The fourth-order valence-corrected chi connectivity index (χ4v) is 4.29. The largest absolute Gasteiger partial charge is 0.354 e. The zero-order valence-electron chi connectivity index (χ0n) is 14.6. The predicted molar refractivity (Wildman–Crippen MR) is 95.4 cm³/mol. The van der Waals surface area contributed by atoms with Crippen molar-refractivity contribution in [1.29, 1.82) is 0 Å². The first-order valence-corrected chi connectivity index (χ1v) is 9.40. The molecule has 0 unspecified atom stereocenters. The Kier molecular flexibility index (Phi) is 3.90. The van der Waals surface area contributed by atoms with Crippen molar-refractivity contribution in [2.45, 2.75) is 32.0 Å². The molecule has 0 N–H and O–H groups in total. The molecule has 0 saturated carbocycles. The molecule has 3 aliphatic rings. The first-order valence-electron chi connectivity index (χ1n) is 9.40. The van der Waals surface area contributed by atoms with Crippen molar-refractivity contribution < 1.29 is 0 Å². The van der Waals surface area contributed by atoms with Crippen molar-refractivity contribution in [2.24, 2.45) is 0 Å². The molecule has 0 radical (unpaired) electrons. The van der Waals surface area contributed by atoms with Crippen molar-refractivity contribution in [3.8, 4) is 0 Å². The van der Waals surface area contributed by atoms with Crippen LogP contribution in [-0.4, -0.2) is 74.9 Å². The molecule has 5 rings (SSSR count). The Balaban J connectivity index is 1.11. The number of likely N-dealkylation sites (tertiary alicyclic amines) is 1. The number of anilines is 1. The molecule has 0 atom stereocenters. The maximum atomic E-state index is 4.47. The lowest BCUT2D eigenvalue weighted by molar-refractivity contribution is 0.0233. The lowest BCUT2D eigenvalue weighted by Crippen LogP contribution is -2.62. The molecule has 2 fully saturated rings. The van der Waals surface area contributed by atoms with Crippen molar-refractivity contribution in [2.75, 3.05) is 44.2 Å². The lowest BCUT2D eigenvalue weighted by Gasteiger charge is -2.48. The van der Waals surface area contributed by atoms with Gasteiger partial charge in [-0.3, -0.25) is 9.80 Å². The van der Waals surface area contributed by atoms with Gasteiger partial charge in [0.2, 0.25) is 0 Å². The van der Waals surface area contributed by atoms with Gasteiger partial charge in [-0.15, -0.1) is 10.2 Å². The number of hydrogen-bond donors (Lipinski definition) is 0. The Labute approximate surface area is 148 Å². The third-order valence-electron chi connectivity index (χ3n) is 5.79. The van der Waals surface area contributed by atoms with E-state index in [0.717, 1.165) is 70.4 Å². The minimum Gasteiger partial charge on any atom is -0.354 e. The summed E-state index contributed by atoms with van der Waals surface area (Å²) in [4.78, 5) is 12.0. The highest BCUT2D eigenvalue weighted by molar-refractivity contribution is 5.38. The molecule has 5 heterocycles. The Hall–Kier alpha value is -1.99. The van der Waals surface area contributed by atoms with Gasteiger partial charge in [-0.05, 0) is 18.6 Å². The molecule has 0 aromatic carbocycles. The van der Waals surface area contributed by atoms with Crippen LogP contribution in [0.3, 0.4) is 0 Å². The summed E-state index contributed by atoms with van der Waals surface area (Å²) in [5.74, 6) is 3.45. The van der Waals surface area contributed by atoms with Crippen LogP contribution in [0.25, 0.3) is 0 Å². The SMILES string of the molecule is c1ccc(N2CCN(C3CN(Cc4nnc5n4CCC5)C3)CC2)nc1. The summed E-state index contributed by atoms with van der Waals surface area (Å²) >= 11 is 0. The van der Waals surface area contributed by atoms with Crippen LogP contribution >= 0.6 is 0 Å². The van der Waals surface area contributed by atoms with Gasteiger partial charge in [0.1, 0.15) is 17.5 Å². The van der Waals surface area contributed by atoms with Gasteiger partial charge in [0.25, 0.3) is 0 Å². The van der Waals surface area contributed by atoms with Crippen LogP contribution in [0.2, 0.25) is 0 Å². The van der Waals surface area contributed by atoms with Crippen LogP contribution in [0.1, 0.15) is 18.1 Å². The normalized spacial score (nSPS) is 22.2. The Morgan fingerprint density at radius 3 is 2.68 bits per heavy atom. The van der Waals surface area contributed by atoms with E-state index in [4.69, 9.17) is 0 Å². The van der Waals surface area contributed by atoms with E-state index in [-0.39, 0.29) is 0 Å². The summed E-state index contributed by atoms with van der Waals surface area (Å²) in [5.41, 5.74) is 0. The molecule has 3 aliphatic heterocycles. The van der Waals surface area contributed by atoms with Crippen LogP contribution in [0.4, 0.5) is 5.82 Å². The van der Waals surface area contributed by atoms with Crippen molar-refractivity contribution in [3.63, 3.8) is 0 Å². The second kappa shape index (κ2) is 6.38. The molecular weight excluding hydrogens is 314 g/mol. The van der Waals surface area contributed by atoms with E-state index in [2.05, 4.69) is 46.6 Å². The maximum Gasteiger partial charge on any atom is 0.147 e. The van der Waals surface area contributed by atoms with Crippen molar-refractivity contribution in [3.05, 3.63) is 36.0 Å². The van der Waals surface area contributed by atoms with Gasteiger partial charge in [0.15, 0.2) is 0 Å². The summed E-state index contributed by atoms with van der Waals surface area (Å²) in [6.07, 6.45) is 4.20. The molecule has 0 amide bonds. The molecule has 2 saturated heterocycles. The molecule has 0 bridgehead atoms. The van der Waals surface area contributed by atoms with Crippen molar-refractivity contribution >= 4 is 5.82 Å².